The van der Waals surface area contributed by atoms with Gasteiger partial charge in [-0.1, -0.05) is 78.9 Å². The minimum Gasteiger partial charge on any atom is -0.481 e. The van der Waals surface area contributed by atoms with Crippen LogP contribution in [0.1, 0.15) is 37.0 Å². The first-order chi connectivity index (χ1) is 18.9. The van der Waals surface area contributed by atoms with Gasteiger partial charge in [0.2, 0.25) is 0 Å². The third kappa shape index (κ3) is 4.61. The van der Waals surface area contributed by atoms with Gasteiger partial charge in [0, 0.05) is 18.0 Å². The predicted octanol–water partition coefficient (Wildman–Crippen LogP) is 6.49. The summed E-state index contributed by atoms with van der Waals surface area (Å²) in [5.41, 5.74) is 5.32. The average Bonchev–Trinajstić information content (AvgIpc) is 3.71. The second-order valence-corrected chi connectivity index (χ2v) is 9.74. The van der Waals surface area contributed by atoms with Crippen molar-refractivity contribution >= 4 is 23.4 Å². The van der Waals surface area contributed by atoms with E-state index in [0.717, 1.165) is 27.8 Å². The molecular weight excluding hydrogens is 492 g/mol. The largest absolute Gasteiger partial charge is 0.481 e. The summed E-state index contributed by atoms with van der Waals surface area (Å²) in [5.74, 6) is -0.760. The SMILES string of the molecule is CC(OC(=O)Nc1c(-c2ccc(-c3ccc(C4(C(=O)O)CC4)cc3)cc2)nn2cccnc12)c1ccccc1. The predicted molar refractivity (Wildman–Crippen MR) is 147 cm³/mol. The molecule has 0 bridgehead atoms. The van der Waals surface area contributed by atoms with Gasteiger partial charge in [0.15, 0.2) is 5.65 Å². The Morgan fingerprint density at radius 1 is 0.923 bits per heavy atom. The molecule has 8 heteroatoms. The molecule has 5 aromatic rings. The molecule has 39 heavy (non-hydrogen) atoms. The number of nitrogens with one attached hydrogen (secondary N) is 1. The lowest BCUT2D eigenvalue weighted by atomic mass is 9.93. The van der Waals surface area contributed by atoms with Gasteiger partial charge < -0.3 is 9.84 Å². The highest BCUT2D eigenvalue weighted by molar-refractivity contribution is 5.96. The zero-order valence-electron chi connectivity index (χ0n) is 21.2. The molecule has 2 heterocycles. The van der Waals surface area contributed by atoms with Crippen molar-refractivity contribution in [3.63, 3.8) is 0 Å². The number of fused-ring (bicyclic) bond motifs is 1. The average molecular weight is 519 g/mol. The fourth-order valence-corrected chi connectivity index (χ4v) is 4.84. The second-order valence-electron chi connectivity index (χ2n) is 9.74. The molecule has 1 fully saturated rings. The lowest BCUT2D eigenvalue weighted by Gasteiger charge is -2.14. The summed E-state index contributed by atoms with van der Waals surface area (Å²) in [6, 6.07) is 26.9. The van der Waals surface area contributed by atoms with Crippen molar-refractivity contribution in [1.82, 2.24) is 14.6 Å². The lowest BCUT2D eigenvalue weighted by Crippen LogP contribution is -2.19. The zero-order chi connectivity index (χ0) is 27.0. The van der Waals surface area contributed by atoms with Crippen molar-refractivity contribution in [1.29, 1.82) is 0 Å². The third-order valence-corrected chi connectivity index (χ3v) is 7.26. The van der Waals surface area contributed by atoms with Crippen LogP contribution in [0.2, 0.25) is 0 Å². The molecule has 2 aromatic heterocycles. The Hall–Kier alpha value is -4.98. The van der Waals surface area contributed by atoms with Crippen molar-refractivity contribution in [3.05, 3.63) is 108 Å². The number of amides is 1. The fraction of sp³-hybridized carbons (Fsp3) is 0.161. The van der Waals surface area contributed by atoms with Crippen LogP contribution in [-0.2, 0) is 14.9 Å². The molecule has 1 saturated carbocycles. The van der Waals surface area contributed by atoms with Crippen LogP contribution >= 0.6 is 0 Å². The molecule has 0 aliphatic heterocycles. The molecule has 1 aliphatic rings. The molecule has 1 aliphatic carbocycles. The van der Waals surface area contributed by atoms with Crippen molar-refractivity contribution in [2.24, 2.45) is 0 Å². The molecule has 6 rings (SSSR count). The van der Waals surface area contributed by atoms with E-state index in [1.165, 1.54) is 0 Å². The topological polar surface area (TPSA) is 106 Å². The van der Waals surface area contributed by atoms with Gasteiger partial charge in [-0.2, -0.15) is 5.10 Å². The maximum atomic E-state index is 12.9. The Morgan fingerprint density at radius 3 is 2.21 bits per heavy atom. The summed E-state index contributed by atoms with van der Waals surface area (Å²) in [6.07, 6.45) is 3.75. The summed E-state index contributed by atoms with van der Waals surface area (Å²) < 4.78 is 7.25. The van der Waals surface area contributed by atoms with Crippen LogP contribution in [-0.4, -0.2) is 31.8 Å². The van der Waals surface area contributed by atoms with Gasteiger partial charge in [-0.15, -0.1) is 0 Å². The van der Waals surface area contributed by atoms with Crippen molar-refractivity contribution < 1.29 is 19.4 Å². The van der Waals surface area contributed by atoms with Gasteiger partial charge in [-0.25, -0.2) is 14.3 Å². The quantitative estimate of drug-likeness (QED) is 0.255. The molecule has 0 saturated heterocycles. The van der Waals surface area contributed by atoms with E-state index in [1.54, 1.807) is 23.0 Å². The molecule has 1 amide bonds. The number of rotatable bonds is 7. The van der Waals surface area contributed by atoms with Gasteiger partial charge in [-0.3, -0.25) is 10.1 Å². The maximum Gasteiger partial charge on any atom is 0.412 e. The molecule has 1 unspecified atom stereocenters. The van der Waals surface area contributed by atoms with E-state index < -0.39 is 23.6 Å². The van der Waals surface area contributed by atoms with Crippen LogP contribution in [0.15, 0.2) is 97.3 Å². The molecule has 3 aromatic carbocycles. The number of aromatic nitrogens is 3. The van der Waals surface area contributed by atoms with Gasteiger partial charge >= 0.3 is 12.1 Å². The van der Waals surface area contributed by atoms with Crippen LogP contribution in [0.5, 0.6) is 0 Å². The van der Waals surface area contributed by atoms with Gasteiger partial charge in [-0.05, 0) is 48.1 Å². The Kier molecular flexibility index (Phi) is 6.07. The number of hydrogen-bond acceptors (Lipinski definition) is 5. The number of carboxylic acids is 1. The Balaban J connectivity index is 1.25. The Labute approximate surface area is 224 Å². The number of nitrogens with zero attached hydrogens (tertiary/aromatic N) is 3. The maximum absolute atomic E-state index is 12.9. The lowest BCUT2D eigenvalue weighted by molar-refractivity contribution is -0.140. The Morgan fingerprint density at radius 2 is 1.56 bits per heavy atom. The number of aliphatic carboxylic acids is 1. The number of anilines is 1. The third-order valence-electron chi connectivity index (χ3n) is 7.26. The molecule has 0 spiro atoms. The summed E-state index contributed by atoms with van der Waals surface area (Å²) in [5, 5.41) is 17.1. The summed E-state index contributed by atoms with van der Waals surface area (Å²) in [7, 11) is 0. The van der Waals surface area contributed by atoms with E-state index >= 15 is 0 Å². The Bertz CT molecular complexity index is 1660. The number of hydrogen-bond donors (Lipinski definition) is 2. The number of carboxylic acid groups (broad SMARTS) is 1. The van der Waals surface area contributed by atoms with Crippen LogP contribution in [0.4, 0.5) is 10.5 Å². The monoisotopic (exact) mass is 518 g/mol. The first-order valence-electron chi connectivity index (χ1n) is 12.8. The minimum atomic E-state index is -0.760. The van der Waals surface area contributed by atoms with E-state index in [4.69, 9.17) is 4.74 Å². The van der Waals surface area contributed by atoms with Gasteiger partial charge in [0.1, 0.15) is 17.5 Å². The van der Waals surface area contributed by atoms with Crippen LogP contribution in [0.25, 0.3) is 28.0 Å². The second kappa shape index (κ2) is 9.72. The molecule has 8 nitrogen and oxygen atoms in total. The van der Waals surface area contributed by atoms with E-state index in [9.17, 15) is 14.7 Å². The minimum absolute atomic E-state index is 0.430. The highest BCUT2D eigenvalue weighted by Gasteiger charge is 2.51. The molecule has 1 atom stereocenters. The standard InChI is InChI=1S/C31H26N4O4/c1-20(21-6-3-2-4-7-21)39-30(38)33-27-26(34-35-19-5-18-32-28(27)35)24-10-8-22(9-11-24)23-12-14-25(15-13-23)31(16-17-31)29(36)37/h2-15,18-20H,16-17H2,1H3,(H,33,38)(H,36,37). The normalized spacial score (nSPS) is 14.5. The van der Waals surface area contributed by atoms with E-state index in [2.05, 4.69) is 15.4 Å². The molecular formula is C31H26N4O4. The van der Waals surface area contributed by atoms with Crippen molar-refractivity contribution in [2.75, 3.05) is 5.32 Å². The van der Waals surface area contributed by atoms with Crippen LogP contribution < -0.4 is 5.32 Å². The summed E-state index contributed by atoms with van der Waals surface area (Å²) in [4.78, 5) is 28.9. The van der Waals surface area contributed by atoms with Crippen molar-refractivity contribution in [3.8, 4) is 22.4 Å². The molecule has 2 N–H and O–H groups in total. The van der Waals surface area contributed by atoms with E-state index in [1.807, 2.05) is 85.8 Å². The summed E-state index contributed by atoms with van der Waals surface area (Å²) >= 11 is 0. The number of ether oxygens (including phenoxy) is 1. The van der Waals surface area contributed by atoms with E-state index in [-0.39, 0.29) is 0 Å². The molecule has 0 radical (unpaired) electrons. The van der Waals surface area contributed by atoms with Crippen molar-refractivity contribution in [2.45, 2.75) is 31.3 Å². The highest BCUT2D eigenvalue weighted by atomic mass is 16.6. The molecule has 194 valence electrons. The fourth-order valence-electron chi connectivity index (χ4n) is 4.84. The smallest absolute Gasteiger partial charge is 0.412 e. The highest BCUT2D eigenvalue weighted by Crippen LogP contribution is 2.48. The van der Waals surface area contributed by atoms with Gasteiger partial charge in [0.05, 0.1) is 5.41 Å². The van der Waals surface area contributed by atoms with Crippen LogP contribution in [0.3, 0.4) is 0 Å². The summed E-state index contributed by atoms with van der Waals surface area (Å²) in [6.45, 7) is 1.82. The van der Waals surface area contributed by atoms with E-state index in [0.29, 0.717) is 29.9 Å². The van der Waals surface area contributed by atoms with Crippen LogP contribution in [0, 0.1) is 0 Å². The van der Waals surface area contributed by atoms with Gasteiger partial charge in [0.25, 0.3) is 0 Å². The number of benzene rings is 3. The number of carbonyl (C=O) groups is 2. The zero-order valence-corrected chi connectivity index (χ0v) is 21.2. The first-order valence-corrected chi connectivity index (χ1v) is 12.8. The number of carbonyl (C=O) groups excluding carboxylic acids is 1. The first kappa shape index (κ1) is 24.4.